The molecule has 0 amide bonds. The number of hydrogen-bond donors (Lipinski definition) is 1. The Bertz CT molecular complexity index is 1140. The fourth-order valence-electron chi connectivity index (χ4n) is 4.16. The minimum atomic E-state index is -3.86. The highest BCUT2D eigenvalue weighted by atomic mass is 32.2. The van der Waals surface area contributed by atoms with Gasteiger partial charge in [0.25, 0.3) is 0 Å². The van der Waals surface area contributed by atoms with Crippen molar-refractivity contribution in [2.24, 2.45) is 0 Å². The fraction of sp³-hybridized carbons (Fsp3) is 0.429. The van der Waals surface area contributed by atoms with Gasteiger partial charge in [0.05, 0.1) is 31.2 Å². The molecule has 11 heteroatoms. The summed E-state index contributed by atoms with van der Waals surface area (Å²) in [4.78, 5) is 8.27. The fourth-order valence-corrected chi connectivity index (χ4v) is 6.12. The molecule has 2 aromatic rings. The molecule has 172 valence electrons. The maximum absolute atomic E-state index is 15.2. The topological polar surface area (TPSA) is 103 Å². The van der Waals surface area contributed by atoms with E-state index in [0.717, 1.165) is 4.31 Å². The lowest BCUT2D eigenvalue weighted by Gasteiger charge is -2.52. The van der Waals surface area contributed by atoms with Crippen molar-refractivity contribution in [3.8, 4) is 11.6 Å². The van der Waals surface area contributed by atoms with Crippen LogP contribution in [0.4, 0.5) is 4.39 Å². The minimum Gasteiger partial charge on any atom is -0.437 e. The Labute approximate surface area is 186 Å². The van der Waals surface area contributed by atoms with Crippen LogP contribution in [0.15, 0.2) is 43.0 Å². The number of benzene rings is 1. The second kappa shape index (κ2) is 8.30. The van der Waals surface area contributed by atoms with Gasteiger partial charge in [-0.05, 0) is 31.5 Å². The molecule has 32 heavy (non-hydrogen) atoms. The molecule has 2 saturated heterocycles. The molecule has 0 unspecified atom stereocenters. The monoisotopic (exact) mass is 464 g/mol. The first kappa shape index (κ1) is 22.4. The van der Waals surface area contributed by atoms with Gasteiger partial charge in [0.2, 0.25) is 15.9 Å². The molecule has 9 nitrogen and oxygen atoms in total. The molecule has 2 fully saturated rings. The van der Waals surface area contributed by atoms with E-state index in [4.69, 9.17) is 14.2 Å². The van der Waals surface area contributed by atoms with E-state index in [2.05, 4.69) is 21.9 Å². The Balaban J connectivity index is 1.79. The lowest BCUT2D eigenvalue weighted by atomic mass is 9.82. The summed E-state index contributed by atoms with van der Waals surface area (Å²) in [5.41, 5.74) is -0.629. The average molecular weight is 465 g/mol. The highest BCUT2D eigenvalue weighted by Crippen LogP contribution is 2.44. The lowest BCUT2D eigenvalue weighted by molar-refractivity contribution is -0.0714. The van der Waals surface area contributed by atoms with Crippen LogP contribution in [0.25, 0.3) is 0 Å². The summed E-state index contributed by atoms with van der Waals surface area (Å²) in [6, 6.07) is 4.15. The van der Waals surface area contributed by atoms with Crippen LogP contribution in [0, 0.1) is 12.7 Å². The molecule has 4 rings (SSSR count). The SMILES string of the molecule is C=C1N[C@@]2(c3cc(Oc4cncc(C)n4)ccc3F)CO[C@@H](COC)C[C@H]2S(=O)(=O)N1C. The second-order valence-corrected chi connectivity index (χ2v) is 10.1. The standard InChI is InChI=1S/C21H25FN4O5S/c1-13-9-23-10-20(24-13)31-15-5-6-18(22)17(7-15)21-12-30-16(11-29-4)8-19(21)32(27,28)26(3)14(2)25-21/h5-7,9-10,16,19,25H,2,8,11-12H2,1,3-4H3/t16-,19-,21-/m1/s1. The van der Waals surface area contributed by atoms with Crippen molar-refractivity contribution in [1.29, 1.82) is 0 Å². The largest absolute Gasteiger partial charge is 0.437 e. The van der Waals surface area contributed by atoms with Crippen LogP contribution in [-0.2, 0) is 25.0 Å². The van der Waals surface area contributed by atoms with Gasteiger partial charge in [0.15, 0.2) is 0 Å². The first-order chi connectivity index (χ1) is 15.2. The predicted octanol–water partition coefficient (Wildman–Crippen LogP) is 2.05. The molecule has 0 spiro atoms. The Hall–Kier alpha value is -2.76. The van der Waals surface area contributed by atoms with Gasteiger partial charge in [-0.15, -0.1) is 0 Å². The van der Waals surface area contributed by atoms with Crippen molar-refractivity contribution < 1.29 is 27.0 Å². The number of rotatable bonds is 5. The summed E-state index contributed by atoms with van der Waals surface area (Å²) in [6.07, 6.45) is 2.70. The Kier molecular flexibility index (Phi) is 5.82. The first-order valence-electron chi connectivity index (χ1n) is 9.99. The summed E-state index contributed by atoms with van der Waals surface area (Å²) in [6.45, 7) is 5.72. The van der Waals surface area contributed by atoms with Crippen LogP contribution < -0.4 is 10.1 Å². The lowest BCUT2D eigenvalue weighted by Crippen LogP contribution is -2.68. The van der Waals surface area contributed by atoms with Gasteiger partial charge in [-0.3, -0.25) is 9.29 Å². The van der Waals surface area contributed by atoms with E-state index in [9.17, 15) is 8.42 Å². The highest BCUT2D eigenvalue weighted by Gasteiger charge is 2.58. The predicted molar refractivity (Wildman–Crippen MR) is 114 cm³/mol. The molecule has 2 aliphatic rings. The van der Waals surface area contributed by atoms with Crippen molar-refractivity contribution in [1.82, 2.24) is 19.6 Å². The molecule has 1 aromatic carbocycles. The number of methoxy groups -OCH3 is 1. The van der Waals surface area contributed by atoms with E-state index >= 15 is 4.39 Å². The Morgan fingerprint density at radius 3 is 2.91 bits per heavy atom. The van der Waals surface area contributed by atoms with Crippen LogP contribution in [-0.4, -0.2) is 61.4 Å². The van der Waals surface area contributed by atoms with E-state index < -0.39 is 32.7 Å². The number of halogens is 1. The van der Waals surface area contributed by atoms with Gasteiger partial charge in [0, 0.05) is 25.9 Å². The summed E-state index contributed by atoms with van der Waals surface area (Å²) >= 11 is 0. The van der Waals surface area contributed by atoms with Gasteiger partial charge < -0.3 is 19.5 Å². The van der Waals surface area contributed by atoms with Crippen molar-refractivity contribution in [2.45, 2.75) is 30.2 Å². The molecule has 3 atom stereocenters. The molecular formula is C21H25FN4O5S. The van der Waals surface area contributed by atoms with Crippen LogP contribution in [0.2, 0.25) is 0 Å². The number of nitrogens with one attached hydrogen (secondary N) is 1. The molecule has 1 aromatic heterocycles. The van der Waals surface area contributed by atoms with Gasteiger partial charge in [-0.1, -0.05) is 6.58 Å². The number of aryl methyl sites for hydroxylation is 1. The van der Waals surface area contributed by atoms with Crippen molar-refractivity contribution in [2.75, 3.05) is 27.4 Å². The smallest absolute Gasteiger partial charge is 0.241 e. The van der Waals surface area contributed by atoms with Crippen LogP contribution in [0.3, 0.4) is 0 Å². The van der Waals surface area contributed by atoms with Gasteiger partial charge in [-0.25, -0.2) is 17.8 Å². The Morgan fingerprint density at radius 1 is 1.41 bits per heavy atom. The van der Waals surface area contributed by atoms with Gasteiger partial charge >= 0.3 is 0 Å². The first-order valence-corrected chi connectivity index (χ1v) is 11.5. The number of nitrogens with zero attached hydrogens (tertiary/aromatic N) is 3. The van der Waals surface area contributed by atoms with Crippen LogP contribution in [0.1, 0.15) is 17.7 Å². The quantitative estimate of drug-likeness (QED) is 0.717. The number of fused-ring (bicyclic) bond motifs is 1. The number of hydrogen-bond acceptors (Lipinski definition) is 8. The summed E-state index contributed by atoms with van der Waals surface area (Å²) in [5, 5.41) is 2.11. The van der Waals surface area contributed by atoms with Crippen LogP contribution in [0.5, 0.6) is 11.6 Å². The number of ether oxygens (including phenoxy) is 3. The third-order valence-electron chi connectivity index (χ3n) is 5.79. The highest BCUT2D eigenvalue weighted by molar-refractivity contribution is 7.90. The van der Waals surface area contributed by atoms with E-state index in [1.54, 1.807) is 13.1 Å². The zero-order valence-corrected chi connectivity index (χ0v) is 18.9. The van der Waals surface area contributed by atoms with E-state index in [1.807, 2.05) is 0 Å². The summed E-state index contributed by atoms with van der Waals surface area (Å²) < 4.78 is 59.9. The number of aromatic nitrogens is 2. The normalized spacial score (nSPS) is 26.9. The maximum Gasteiger partial charge on any atom is 0.241 e. The average Bonchev–Trinajstić information content (AvgIpc) is 2.75. The molecule has 3 heterocycles. The zero-order chi connectivity index (χ0) is 23.1. The van der Waals surface area contributed by atoms with Crippen molar-refractivity contribution >= 4 is 10.0 Å². The van der Waals surface area contributed by atoms with Crippen molar-refractivity contribution in [3.63, 3.8) is 0 Å². The Morgan fingerprint density at radius 2 is 2.19 bits per heavy atom. The molecule has 0 radical (unpaired) electrons. The third kappa shape index (κ3) is 3.80. The second-order valence-electron chi connectivity index (χ2n) is 7.91. The molecule has 0 bridgehead atoms. The van der Waals surface area contributed by atoms with Gasteiger partial charge in [0.1, 0.15) is 28.2 Å². The molecule has 2 aliphatic heterocycles. The summed E-state index contributed by atoms with van der Waals surface area (Å²) in [7, 11) is -0.924. The third-order valence-corrected chi connectivity index (χ3v) is 8.09. The molecular weight excluding hydrogens is 439 g/mol. The van der Waals surface area contributed by atoms with Crippen LogP contribution >= 0.6 is 0 Å². The summed E-state index contributed by atoms with van der Waals surface area (Å²) in [5.74, 6) is 0.0686. The molecule has 0 aliphatic carbocycles. The molecule has 1 N–H and O–H groups in total. The van der Waals surface area contributed by atoms with E-state index in [0.29, 0.717) is 5.69 Å². The minimum absolute atomic E-state index is 0.0948. The van der Waals surface area contributed by atoms with Gasteiger partial charge in [-0.2, -0.15) is 0 Å². The molecule has 0 saturated carbocycles. The van der Waals surface area contributed by atoms with Crippen molar-refractivity contribution in [3.05, 3.63) is 60.1 Å². The number of sulfonamides is 1. The van der Waals surface area contributed by atoms with E-state index in [-0.39, 0.29) is 42.6 Å². The van der Waals surface area contributed by atoms with E-state index in [1.165, 1.54) is 38.6 Å². The zero-order valence-electron chi connectivity index (χ0n) is 18.0. The maximum atomic E-state index is 15.2.